The predicted molar refractivity (Wildman–Crippen MR) is 95.6 cm³/mol. The quantitative estimate of drug-likeness (QED) is 0.477. The van der Waals surface area contributed by atoms with E-state index in [9.17, 15) is 14.4 Å². The molecule has 1 aliphatic heterocycles. The molecule has 0 N–H and O–H groups in total. The Balaban J connectivity index is 2.01. The number of hydrogen-bond acceptors (Lipinski definition) is 5. The summed E-state index contributed by atoms with van der Waals surface area (Å²) in [6.07, 6.45) is 1.50. The summed E-state index contributed by atoms with van der Waals surface area (Å²) in [5, 5.41) is 0. The Bertz CT molecular complexity index is 904. The number of benzene rings is 2. The molecule has 0 saturated heterocycles. The molecule has 0 radical (unpaired) electrons. The van der Waals surface area contributed by atoms with Crippen molar-refractivity contribution >= 4 is 35.1 Å². The van der Waals surface area contributed by atoms with Crippen LogP contribution in [0.4, 0.5) is 5.69 Å². The summed E-state index contributed by atoms with van der Waals surface area (Å²) < 4.78 is 5.18. The summed E-state index contributed by atoms with van der Waals surface area (Å²) in [7, 11) is 0. The van der Waals surface area contributed by atoms with Crippen molar-refractivity contribution in [3.8, 4) is 5.75 Å². The smallest absolute Gasteiger partial charge is 0.308 e. The van der Waals surface area contributed by atoms with Crippen LogP contribution in [0.3, 0.4) is 0 Å². The molecule has 5 nitrogen and oxygen atoms in total. The number of Topliss-reactive ketones (excluding diaryl/α,β-unsaturated/α-hetero) is 1. The van der Waals surface area contributed by atoms with Gasteiger partial charge in [-0.15, -0.1) is 0 Å². The standard InChI is InChI=1S/C19H15NO4S/c1-12(21)20(15-8-4-5-9-16(15)24-13(2)22)11-18-19(23)14-7-3-6-10-17(14)25-18/h3-11H,1-2H3/b18-11-. The molecule has 3 rings (SSSR count). The Hall–Kier alpha value is -2.86. The van der Waals surface area contributed by atoms with E-state index in [-0.39, 0.29) is 17.4 Å². The molecule has 0 aromatic heterocycles. The minimum Gasteiger partial charge on any atom is -0.424 e. The summed E-state index contributed by atoms with van der Waals surface area (Å²) in [5.41, 5.74) is 1.03. The van der Waals surface area contributed by atoms with Crippen LogP contribution >= 0.6 is 11.8 Å². The van der Waals surface area contributed by atoms with Gasteiger partial charge in [0.15, 0.2) is 5.75 Å². The van der Waals surface area contributed by atoms with Crippen LogP contribution in [0.15, 0.2) is 64.5 Å². The minimum atomic E-state index is -0.484. The van der Waals surface area contributed by atoms with E-state index in [1.807, 2.05) is 12.1 Å². The number of nitrogens with zero attached hydrogens (tertiary/aromatic N) is 1. The van der Waals surface area contributed by atoms with Crippen LogP contribution in [0, 0.1) is 0 Å². The number of allylic oxidation sites excluding steroid dienone is 1. The van der Waals surface area contributed by atoms with Gasteiger partial charge in [0.25, 0.3) is 0 Å². The van der Waals surface area contributed by atoms with Crippen molar-refractivity contribution in [3.63, 3.8) is 0 Å². The molecule has 25 heavy (non-hydrogen) atoms. The lowest BCUT2D eigenvalue weighted by Gasteiger charge is -2.20. The van der Waals surface area contributed by atoms with E-state index in [0.717, 1.165) is 4.90 Å². The molecule has 0 atom stereocenters. The number of thioether (sulfide) groups is 1. The molecule has 0 spiro atoms. The van der Waals surface area contributed by atoms with Crippen molar-refractivity contribution in [2.75, 3.05) is 4.90 Å². The average Bonchev–Trinajstić information content (AvgIpc) is 2.89. The van der Waals surface area contributed by atoms with Gasteiger partial charge in [0.1, 0.15) is 0 Å². The van der Waals surface area contributed by atoms with Crippen molar-refractivity contribution in [1.82, 2.24) is 0 Å². The second kappa shape index (κ2) is 6.94. The number of ether oxygens (including phenoxy) is 1. The van der Waals surface area contributed by atoms with Gasteiger partial charge in [-0.2, -0.15) is 0 Å². The van der Waals surface area contributed by atoms with Crippen LogP contribution in [-0.4, -0.2) is 17.7 Å². The minimum absolute atomic E-state index is 0.128. The van der Waals surface area contributed by atoms with Crippen LogP contribution < -0.4 is 9.64 Å². The Labute approximate surface area is 149 Å². The lowest BCUT2D eigenvalue weighted by Crippen LogP contribution is -2.24. The van der Waals surface area contributed by atoms with Crippen LogP contribution in [0.1, 0.15) is 24.2 Å². The number of hydrogen-bond donors (Lipinski definition) is 0. The highest BCUT2D eigenvalue weighted by molar-refractivity contribution is 8.04. The van der Waals surface area contributed by atoms with Crippen molar-refractivity contribution in [2.24, 2.45) is 0 Å². The molecule has 1 amide bonds. The van der Waals surface area contributed by atoms with Crippen molar-refractivity contribution in [1.29, 1.82) is 0 Å². The highest BCUT2D eigenvalue weighted by Gasteiger charge is 2.27. The third-order valence-corrected chi connectivity index (χ3v) is 4.63. The van der Waals surface area contributed by atoms with E-state index in [1.165, 1.54) is 36.7 Å². The van der Waals surface area contributed by atoms with Gasteiger partial charge in [-0.25, -0.2) is 0 Å². The third-order valence-electron chi connectivity index (χ3n) is 3.54. The number of esters is 1. The van der Waals surface area contributed by atoms with Crippen LogP contribution in [0.2, 0.25) is 0 Å². The first-order valence-electron chi connectivity index (χ1n) is 7.58. The summed E-state index contributed by atoms with van der Waals surface area (Å²) in [6, 6.07) is 14.0. The Morgan fingerprint density at radius 1 is 1.04 bits per heavy atom. The molecule has 2 aromatic rings. The average molecular weight is 353 g/mol. The molecular formula is C19H15NO4S. The van der Waals surface area contributed by atoms with Crippen molar-refractivity contribution < 1.29 is 19.1 Å². The van der Waals surface area contributed by atoms with Crippen LogP contribution in [0.25, 0.3) is 0 Å². The number of para-hydroxylation sites is 2. The number of carbonyl (C=O) groups excluding carboxylic acids is 3. The van der Waals surface area contributed by atoms with Gasteiger partial charge in [-0.3, -0.25) is 19.3 Å². The van der Waals surface area contributed by atoms with Crippen molar-refractivity contribution in [2.45, 2.75) is 18.7 Å². The van der Waals surface area contributed by atoms with Gasteiger partial charge in [0.2, 0.25) is 11.7 Å². The summed E-state index contributed by atoms with van der Waals surface area (Å²) in [4.78, 5) is 38.6. The van der Waals surface area contributed by atoms with Gasteiger partial charge in [-0.1, -0.05) is 36.0 Å². The highest BCUT2D eigenvalue weighted by Crippen LogP contribution is 2.40. The second-order valence-corrected chi connectivity index (χ2v) is 6.45. The fraction of sp³-hybridized carbons (Fsp3) is 0.105. The summed E-state index contributed by atoms with van der Waals surface area (Å²) >= 11 is 1.31. The normalized spacial score (nSPS) is 14.3. The molecule has 126 valence electrons. The van der Waals surface area contributed by atoms with Crippen LogP contribution in [-0.2, 0) is 9.59 Å². The molecule has 1 heterocycles. The SMILES string of the molecule is CC(=O)Oc1ccccc1N(/C=C1\Sc2ccccc2C1=O)C(C)=O. The van der Waals surface area contributed by atoms with Gasteiger partial charge in [-0.05, 0) is 24.3 Å². The van der Waals surface area contributed by atoms with Gasteiger partial charge < -0.3 is 4.74 Å². The topological polar surface area (TPSA) is 63.7 Å². The summed E-state index contributed by atoms with van der Waals surface area (Å²) in [6.45, 7) is 2.68. The fourth-order valence-corrected chi connectivity index (χ4v) is 3.49. The van der Waals surface area contributed by atoms with E-state index in [1.54, 1.807) is 36.4 Å². The number of rotatable bonds is 3. The van der Waals surface area contributed by atoms with E-state index in [0.29, 0.717) is 16.2 Å². The zero-order valence-electron chi connectivity index (χ0n) is 13.7. The molecule has 0 unspecified atom stereocenters. The molecule has 0 aliphatic carbocycles. The number of ketones is 1. The number of fused-ring (bicyclic) bond motifs is 1. The van der Waals surface area contributed by atoms with E-state index >= 15 is 0 Å². The van der Waals surface area contributed by atoms with E-state index < -0.39 is 5.97 Å². The lowest BCUT2D eigenvalue weighted by molar-refractivity contribution is -0.132. The number of anilines is 1. The van der Waals surface area contributed by atoms with E-state index in [4.69, 9.17) is 4.74 Å². The zero-order valence-corrected chi connectivity index (χ0v) is 14.5. The highest BCUT2D eigenvalue weighted by atomic mass is 32.2. The lowest BCUT2D eigenvalue weighted by atomic mass is 10.1. The first-order chi connectivity index (χ1) is 12.0. The summed E-state index contributed by atoms with van der Waals surface area (Å²) in [5.74, 6) is -0.648. The largest absolute Gasteiger partial charge is 0.424 e. The number of carbonyl (C=O) groups is 3. The van der Waals surface area contributed by atoms with Gasteiger partial charge in [0.05, 0.1) is 10.6 Å². The Morgan fingerprint density at radius 3 is 2.40 bits per heavy atom. The maximum Gasteiger partial charge on any atom is 0.308 e. The third kappa shape index (κ3) is 3.49. The Kier molecular flexibility index (Phi) is 4.72. The van der Waals surface area contributed by atoms with Gasteiger partial charge in [0, 0.05) is 30.5 Å². The van der Waals surface area contributed by atoms with E-state index in [2.05, 4.69) is 0 Å². The molecule has 0 bridgehead atoms. The Morgan fingerprint density at radius 2 is 1.72 bits per heavy atom. The maximum atomic E-state index is 12.5. The molecule has 1 aliphatic rings. The molecule has 2 aromatic carbocycles. The fourth-order valence-electron chi connectivity index (χ4n) is 2.47. The first kappa shape index (κ1) is 17.0. The molecule has 0 fully saturated rings. The van der Waals surface area contributed by atoms with Crippen LogP contribution in [0.5, 0.6) is 5.75 Å². The first-order valence-corrected chi connectivity index (χ1v) is 8.39. The molecular weight excluding hydrogens is 338 g/mol. The maximum absolute atomic E-state index is 12.5. The number of amides is 1. The zero-order chi connectivity index (χ0) is 18.0. The second-order valence-electron chi connectivity index (χ2n) is 5.37. The molecule has 6 heteroatoms. The van der Waals surface area contributed by atoms with Crippen molar-refractivity contribution in [3.05, 3.63) is 65.2 Å². The van der Waals surface area contributed by atoms with Gasteiger partial charge >= 0.3 is 5.97 Å². The molecule has 0 saturated carbocycles. The predicted octanol–water partition coefficient (Wildman–Crippen LogP) is 3.79. The monoisotopic (exact) mass is 353 g/mol.